The lowest BCUT2D eigenvalue weighted by molar-refractivity contribution is -0.117. The van der Waals surface area contributed by atoms with Crippen LogP contribution in [0.25, 0.3) is 0 Å². The fourth-order valence-electron chi connectivity index (χ4n) is 2.30. The SMILES string of the molecule is COC(=O)c1c(NC(=O)C2CC2)sc2c1CCNC2. The molecule has 1 aliphatic carbocycles. The van der Waals surface area contributed by atoms with E-state index in [2.05, 4.69) is 10.6 Å². The molecule has 0 radical (unpaired) electrons. The van der Waals surface area contributed by atoms with Gasteiger partial charge in [-0.25, -0.2) is 4.79 Å². The van der Waals surface area contributed by atoms with E-state index >= 15 is 0 Å². The predicted octanol–water partition coefficient (Wildman–Crippen LogP) is 1.53. The molecule has 1 aromatic rings. The van der Waals surface area contributed by atoms with E-state index in [1.54, 1.807) is 0 Å². The molecule has 19 heavy (non-hydrogen) atoms. The highest BCUT2D eigenvalue weighted by molar-refractivity contribution is 7.17. The van der Waals surface area contributed by atoms with E-state index in [4.69, 9.17) is 4.74 Å². The van der Waals surface area contributed by atoms with Crippen molar-refractivity contribution >= 4 is 28.2 Å². The van der Waals surface area contributed by atoms with Crippen molar-refractivity contribution in [2.24, 2.45) is 5.92 Å². The molecule has 0 unspecified atom stereocenters. The first-order valence-electron chi connectivity index (χ1n) is 6.45. The summed E-state index contributed by atoms with van der Waals surface area (Å²) in [6, 6.07) is 0. The summed E-state index contributed by atoms with van der Waals surface area (Å²) < 4.78 is 4.86. The fourth-order valence-corrected chi connectivity index (χ4v) is 3.51. The monoisotopic (exact) mass is 280 g/mol. The maximum Gasteiger partial charge on any atom is 0.341 e. The normalized spacial score (nSPS) is 17.7. The van der Waals surface area contributed by atoms with Crippen LogP contribution in [0.1, 0.15) is 33.6 Å². The quantitative estimate of drug-likeness (QED) is 0.824. The number of ether oxygens (including phenoxy) is 1. The van der Waals surface area contributed by atoms with Gasteiger partial charge in [0.25, 0.3) is 0 Å². The second-order valence-corrected chi connectivity index (χ2v) is 5.99. The van der Waals surface area contributed by atoms with Crippen molar-refractivity contribution in [1.82, 2.24) is 5.32 Å². The maximum atomic E-state index is 11.9. The van der Waals surface area contributed by atoms with Gasteiger partial charge in [-0.1, -0.05) is 0 Å². The Morgan fingerprint density at radius 1 is 1.42 bits per heavy atom. The van der Waals surface area contributed by atoms with Crippen molar-refractivity contribution in [3.8, 4) is 0 Å². The molecule has 0 atom stereocenters. The topological polar surface area (TPSA) is 67.4 Å². The molecule has 1 aliphatic heterocycles. The van der Waals surface area contributed by atoms with Crippen LogP contribution in [0.3, 0.4) is 0 Å². The van der Waals surface area contributed by atoms with Gasteiger partial charge in [0.15, 0.2) is 0 Å². The van der Waals surface area contributed by atoms with E-state index in [0.717, 1.165) is 42.8 Å². The van der Waals surface area contributed by atoms with Crippen LogP contribution in [0.5, 0.6) is 0 Å². The van der Waals surface area contributed by atoms with Crippen molar-refractivity contribution in [2.45, 2.75) is 25.8 Å². The fraction of sp³-hybridized carbons (Fsp3) is 0.538. The zero-order valence-electron chi connectivity index (χ0n) is 10.7. The summed E-state index contributed by atoms with van der Waals surface area (Å²) in [7, 11) is 1.37. The van der Waals surface area contributed by atoms with Crippen LogP contribution in [0.15, 0.2) is 0 Å². The Balaban J connectivity index is 1.94. The van der Waals surface area contributed by atoms with E-state index in [9.17, 15) is 9.59 Å². The van der Waals surface area contributed by atoms with Gasteiger partial charge < -0.3 is 15.4 Å². The largest absolute Gasteiger partial charge is 0.465 e. The Bertz CT molecular complexity index is 534. The van der Waals surface area contributed by atoms with Gasteiger partial charge in [-0.15, -0.1) is 11.3 Å². The Morgan fingerprint density at radius 3 is 2.89 bits per heavy atom. The van der Waals surface area contributed by atoms with Crippen molar-refractivity contribution in [3.63, 3.8) is 0 Å². The number of nitrogens with one attached hydrogen (secondary N) is 2. The molecule has 5 nitrogen and oxygen atoms in total. The van der Waals surface area contributed by atoms with Gasteiger partial charge in [-0.2, -0.15) is 0 Å². The van der Waals surface area contributed by atoms with Gasteiger partial charge in [-0.05, 0) is 31.4 Å². The van der Waals surface area contributed by atoms with Crippen LogP contribution in [0.2, 0.25) is 0 Å². The van der Waals surface area contributed by atoms with Crippen molar-refractivity contribution in [2.75, 3.05) is 19.0 Å². The predicted molar refractivity (Wildman–Crippen MR) is 72.4 cm³/mol. The lowest BCUT2D eigenvalue weighted by atomic mass is 10.0. The second-order valence-electron chi connectivity index (χ2n) is 4.89. The number of fused-ring (bicyclic) bond motifs is 1. The number of carbonyl (C=O) groups excluding carboxylic acids is 2. The molecule has 0 aromatic carbocycles. The summed E-state index contributed by atoms with van der Waals surface area (Å²) >= 11 is 1.48. The highest BCUT2D eigenvalue weighted by atomic mass is 32.1. The molecule has 1 fully saturated rings. The third-order valence-corrected chi connectivity index (χ3v) is 4.65. The van der Waals surface area contributed by atoms with Crippen LogP contribution in [-0.2, 0) is 22.5 Å². The van der Waals surface area contributed by atoms with E-state index in [1.807, 2.05) is 0 Å². The van der Waals surface area contributed by atoms with Gasteiger partial charge in [0, 0.05) is 17.3 Å². The standard InChI is InChI=1S/C13H16N2O3S/c1-18-13(17)10-8-4-5-14-6-9(8)19-12(10)15-11(16)7-2-3-7/h7,14H,2-6H2,1H3,(H,15,16). The maximum absolute atomic E-state index is 11.9. The first-order valence-corrected chi connectivity index (χ1v) is 7.26. The Morgan fingerprint density at radius 2 is 2.21 bits per heavy atom. The van der Waals surface area contributed by atoms with E-state index in [1.165, 1.54) is 18.4 Å². The zero-order chi connectivity index (χ0) is 13.4. The number of carbonyl (C=O) groups is 2. The summed E-state index contributed by atoms with van der Waals surface area (Å²) in [5, 5.41) is 6.82. The number of esters is 1. The molecular formula is C13H16N2O3S. The average molecular weight is 280 g/mol. The molecule has 1 saturated carbocycles. The molecule has 2 N–H and O–H groups in total. The third-order valence-electron chi connectivity index (χ3n) is 3.50. The van der Waals surface area contributed by atoms with Crippen LogP contribution >= 0.6 is 11.3 Å². The summed E-state index contributed by atoms with van der Waals surface area (Å²) in [5.74, 6) is -0.204. The van der Waals surface area contributed by atoms with Gasteiger partial charge in [-0.3, -0.25) is 4.79 Å². The summed E-state index contributed by atoms with van der Waals surface area (Å²) in [5.41, 5.74) is 1.58. The molecular weight excluding hydrogens is 264 g/mol. The summed E-state index contributed by atoms with van der Waals surface area (Å²) in [4.78, 5) is 24.9. The van der Waals surface area contributed by atoms with Gasteiger partial charge in [0.1, 0.15) is 5.00 Å². The molecule has 0 bridgehead atoms. The molecule has 6 heteroatoms. The van der Waals surface area contributed by atoms with Crippen LogP contribution in [0, 0.1) is 5.92 Å². The third kappa shape index (κ3) is 2.37. The number of anilines is 1. The Hall–Kier alpha value is -1.40. The van der Waals surface area contributed by atoms with Gasteiger partial charge in [0.2, 0.25) is 5.91 Å². The van der Waals surface area contributed by atoms with E-state index in [0.29, 0.717) is 10.6 Å². The molecule has 3 rings (SSSR count). The van der Waals surface area contributed by atoms with E-state index < -0.39 is 0 Å². The minimum absolute atomic E-state index is 0.0247. The summed E-state index contributed by atoms with van der Waals surface area (Å²) in [6.07, 6.45) is 2.70. The molecule has 0 saturated heterocycles. The Labute approximate surface area is 115 Å². The first kappa shape index (κ1) is 12.6. The summed E-state index contributed by atoms with van der Waals surface area (Å²) in [6.45, 7) is 1.60. The number of methoxy groups -OCH3 is 1. The number of amides is 1. The molecule has 2 heterocycles. The molecule has 1 aromatic heterocycles. The number of hydrogen-bond donors (Lipinski definition) is 2. The number of thiophene rings is 1. The minimum Gasteiger partial charge on any atom is -0.465 e. The molecule has 2 aliphatic rings. The van der Waals surface area contributed by atoms with Gasteiger partial charge >= 0.3 is 5.97 Å². The molecule has 0 spiro atoms. The number of hydrogen-bond acceptors (Lipinski definition) is 5. The van der Waals surface area contributed by atoms with Crippen LogP contribution in [-0.4, -0.2) is 25.5 Å². The number of rotatable bonds is 3. The van der Waals surface area contributed by atoms with Gasteiger partial charge in [0.05, 0.1) is 12.7 Å². The second kappa shape index (κ2) is 4.94. The van der Waals surface area contributed by atoms with Crippen LogP contribution < -0.4 is 10.6 Å². The highest BCUT2D eigenvalue weighted by Crippen LogP contribution is 2.38. The molecule has 102 valence electrons. The van der Waals surface area contributed by atoms with Crippen molar-refractivity contribution < 1.29 is 14.3 Å². The average Bonchev–Trinajstić information content (AvgIpc) is 3.20. The Kier molecular flexibility index (Phi) is 3.28. The first-order chi connectivity index (χ1) is 9.20. The van der Waals surface area contributed by atoms with E-state index in [-0.39, 0.29) is 17.8 Å². The minimum atomic E-state index is -0.356. The lowest BCUT2D eigenvalue weighted by Crippen LogP contribution is -2.23. The smallest absolute Gasteiger partial charge is 0.341 e. The van der Waals surface area contributed by atoms with Crippen LogP contribution in [0.4, 0.5) is 5.00 Å². The zero-order valence-corrected chi connectivity index (χ0v) is 11.6. The van der Waals surface area contributed by atoms with Crippen molar-refractivity contribution in [1.29, 1.82) is 0 Å². The van der Waals surface area contributed by atoms with Crippen molar-refractivity contribution in [3.05, 3.63) is 16.0 Å². The molecule has 1 amide bonds. The lowest BCUT2D eigenvalue weighted by Gasteiger charge is -2.13. The highest BCUT2D eigenvalue weighted by Gasteiger charge is 2.32.